The SMILES string of the molecule is CCN(CC(=O)N(CCOC)C1CCS(=O)(=O)C1)Cc1cccc(F)c1. The van der Waals surface area contributed by atoms with Gasteiger partial charge in [-0.05, 0) is 30.7 Å². The van der Waals surface area contributed by atoms with Gasteiger partial charge in [0.05, 0.1) is 24.7 Å². The zero-order chi connectivity index (χ0) is 19.2. The molecular formula is C18H27FN2O4S. The number of rotatable bonds is 9. The Bertz CT molecular complexity index is 711. The number of ether oxygens (including phenoxy) is 1. The number of hydrogen-bond donors (Lipinski definition) is 0. The molecule has 1 amide bonds. The summed E-state index contributed by atoms with van der Waals surface area (Å²) in [5.41, 5.74) is 0.798. The average Bonchev–Trinajstić information content (AvgIpc) is 2.94. The Kier molecular flexibility index (Phi) is 7.55. The van der Waals surface area contributed by atoms with Crippen LogP contribution < -0.4 is 0 Å². The van der Waals surface area contributed by atoms with E-state index >= 15 is 0 Å². The Labute approximate surface area is 154 Å². The number of hydrogen-bond acceptors (Lipinski definition) is 5. The predicted octanol–water partition coefficient (Wildman–Crippen LogP) is 1.31. The van der Waals surface area contributed by atoms with Crippen LogP contribution in [0, 0.1) is 5.82 Å². The van der Waals surface area contributed by atoms with Crippen molar-refractivity contribution in [3.05, 3.63) is 35.6 Å². The Balaban J connectivity index is 2.03. The summed E-state index contributed by atoms with van der Waals surface area (Å²) in [6.45, 7) is 3.91. The standard InChI is InChI=1S/C18H27FN2O4S/c1-3-20(12-15-5-4-6-16(19)11-15)13-18(22)21(8-9-25-2)17-7-10-26(23,24)14-17/h4-6,11,17H,3,7-10,12-14H2,1-2H3. The zero-order valence-electron chi connectivity index (χ0n) is 15.4. The molecule has 0 bridgehead atoms. The van der Waals surface area contributed by atoms with Crippen molar-refractivity contribution in [2.45, 2.75) is 25.9 Å². The van der Waals surface area contributed by atoms with Crippen molar-refractivity contribution in [1.82, 2.24) is 9.80 Å². The number of carbonyl (C=O) groups is 1. The van der Waals surface area contributed by atoms with Gasteiger partial charge in [0, 0.05) is 26.2 Å². The van der Waals surface area contributed by atoms with E-state index in [4.69, 9.17) is 4.74 Å². The van der Waals surface area contributed by atoms with Gasteiger partial charge in [-0.25, -0.2) is 12.8 Å². The zero-order valence-corrected chi connectivity index (χ0v) is 16.2. The molecule has 1 unspecified atom stereocenters. The van der Waals surface area contributed by atoms with Gasteiger partial charge in [-0.15, -0.1) is 0 Å². The summed E-state index contributed by atoms with van der Waals surface area (Å²) in [5, 5.41) is 0. The highest BCUT2D eigenvalue weighted by Gasteiger charge is 2.34. The maximum Gasteiger partial charge on any atom is 0.237 e. The first-order chi connectivity index (χ1) is 12.3. The molecule has 6 nitrogen and oxygen atoms in total. The second kappa shape index (κ2) is 9.43. The molecule has 1 fully saturated rings. The van der Waals surface area contributed by atoms with Crippen LogP contribution in [0.15, 0.2) is 24.3 Å². The molecule has 146 valence electrons. The summed E-state index contributed by atoms with van der Waals surface area (Å²) in [6.07, 6.45) is 0.466. The van der Waals surface area contributed by atoms with Gasteiger partial charge in [0.1, 0.15) is 5.82 Å². The Morgan fingerprint density at radius 3 is 2.73 bits per heavy atom. The summed E-state index contributed by atoms with van der Waals surface area (Å²) in [5.74, 6) is -0.293. The molecule has 1 aliphatic heterocycles. The second-order valence-electron chi connectivity index (χ2n) is 6.57. The van der Waals surface area contributed by atoms with Gasteiger partial charge in [0.25, 0.3) is 0 Å². The molecule has 8 heteroatoms. The van der Waals surface area contributed by atoms with Crippen LogP contribution in [0.1, 0.15) is 18.9 Å². The highest BCUT2D eigenvalue weighted by molar-refractivity contribution is 7.91. The fourth-order valence-corrected chi connectivity index (χ4v) is 4.91. The van der Waals surface area contributed by atoms with Crippen molar-refractivity contribution < 1.29 is 22.3 Å². The molecule has 1 atom stereocenters. The second-order valence-corrected chi connectivity index (χ2v) is 8.80. The van der Waals surface area contributed by atoms with Crippen LogP contribution in [0.5, 0.6) is 0 Å². The van der Waals surface area contributed by atoms with Crippen LogP contribution in [-0.2, 0) is 25.9 Å². The predicted molar refractivity (Wildman–Crippen MR) is 98.0 cm³/mol. The Hall–Kier alpha value is -1.51. The molecule has 0 saturated carbocycles. The van der Waals surface area contributed by atoms with E-state index in [0.29, 0.717) is 32.7 Å². The molecule has 0 aliphatic carbocycles. The molecule has 0 radical (unpaired) electrons. The number of amides is 1. The number of nitrogens with zero attached hydrogens (tertiary/aromatic N) is 2. The first-order valence-electron chi connectivity index (χ1n) is 8.80. The third-order valence-electron chi connectivity index (χ3n) is 4.61. The Morgan fingerprint density at radius 2 is 2.15 bits per heavy atom. The molecule has 1 aliphatic rings. The highest BCUT2D eigenvalue weighted by atomic mass is 32.2. The summed E-state index contributed by atoms with van der Waals surface area (Å²) in [6, 6.07) is 6.02. The lowest BCUT2D eigenvalue weighted by molar-refractivity contribution is -0.135. The number of benzene rings is 1. The van der Waals surface area contributed by atoms with E-state index in [1.807, 2.05) is 17.9 Å². The summed E-state index contributed by atoms with van der Waals surface area (Å²) in [4.78, 5) is 16.4. The number of methoxy groups -OCH3 is 1. The number of likely N-dealkylation sites (N-methyl/N-ethyl adjacent to an activating group) is 1. The minimum atomic E-state index is -3.08. The van der Waals surface area contributed by atoms with E-state index in [0.717, 1.165) is 5.56 Å². The van der Waals surface area contributed by atoms with Gasteiger partial charge < -0.3 is 9.64 Å². The van der Waals surface area contributed by atoms with Crippen LogP contribution in [0.4, 0.5) is 4.39 Å². The first kappa shape index (κ1) is 20.8. The van der Waals surface area contributed by atoms with Crippen LogP contribution >= 0.6 is 0 Å². The van der Waals surface area contributed by atoms with Gasteiger partial charge in [0.2, 0.25) is 5.91 Å². The number of halogens is 1. The smallest absolute Gasteiger partial charge is 0.237 e. The van der Waals surface area contributed by atoms with Gasteiger partial charge in [-0.3, -0.25) is 9.69 Å². The van der Waals surface area contributed by atoms with E-state index in [1.54, 1.807) is 18.1 Å². The molecule has 0 spiro atoms. The van der Waals surface area contributed by atoms with Crippen molar-refractivity contribution in [3.63, 3.8) is 0 Å². The molecular weight excluding hydrogens is 359 g/mol. The lowest BCUT2D eigenvalue weighted by atomic mass is 10.2. The molecule has 1 aromatic rings. The molecule has 2 rings (SSSR count). The highest BCUT2D eigenvalue weighted by Crippen LogP contribution is 2.18. The topological polar surface area (TPSA) is 66.9 Å². The number of carbonyl (C=O) groups excluding carboxylic acids is 1. The van der Waals surface area contributed by atoms with Crippen molar-refractivity contribution in [1.29, 1.82) is 0 Å². The lowest BCUT2D eigenvalue weighted by Gasteiger charge is -2.30. The van der Waals surface area contributed by atoms with E-state index < -0.39 is 9.84 Å². The van der Waals surface area contributed by atoms with Crippen molar-refractivity contribution in [2.75, 3.05) is 44.9 Å². The van der Waals surface area contributed by atoms with Crippen LogP contribution in [-0.4, -0.2) is 75.0 Å². The largest absolute Gasteiger partial charge is 0.383 e. The minimum Gasteiger partial charge on any atom is -0.383 e. The maximum absolute atomic E-state index is 13.4. The third kappa shape index (κ3) is 6.03. The fraction of sp³-hybridized carbons (Fsp3) is 0.611. The van der Waals surface area contributed by atoms with Crippen molar-refractivity contribution in [3.8, 4) is 0 Å². The summed E-state index contributed by atoms with van der Waals surface area (Å²) < 4.78 is 42.0. The quantitative estimate of drug-likeness (QED) is 0.640. The molecule has 26 heavy (non-hydrogen) atoms. The van der Waals surface area contributed by atoms with E-state index in [9.17, 15) is 17.6 Å². The molecule has 0 N–H and O–H groups in total. The van der Waals surface area contributed by atoms with Crippen LogP contribution in [0.25, 0.3) is 0 Å². The first-order valence-corrected chi connectivity index (χ1v) is 10.6. The van der Waals surface area contributed by atoms with Gasteiger partial charge >= 0.3 is 0 Å². The van der Waals surface area contributed by atoms with Gasteiger partial charge in [-0.2, -0.15) is 0 Å². The monoisotopic (exact) mass is 386 g/mol. The third-order valence-corrected chi connectivity index (χ3v) is 6.36. The average molecular weight is 386 g/mol. The van der Waals surface area contributed by atoms with Gasteiger partial charge in [-0.1, -0.05) is 19.1 Å². The van der Waals surface area contributed by atoms with Crippen molar-refractivity contribution in [2.24, 2.45) is 0 Å². The Morgan fingerprint density at radius 1 is 1.38 bits per heavy atom. The van der Waals surface area contributed by atoms with E-state index in [2.05, 4.69) is 0 Å². The summed E-state index contributed by atoms with van der Waals surface area (Å²) in [7, 11) is -1.52. The fourth-order valence-electron chi connectivity index (χ4n) is 3.18. The van der Waals surface area contributed by atoms with E-state index in [-0.39, 0.29) is 35.8 Å². The van der Waals surface area contributed by atoms with Crippen LogP contribution in [0.3, 0.4) is 0 Å². The van der Waals surface area contributed by atoms with Crippen LogP contribution in [0.2, 0.25) is 0 Å². The van der Waals surface area contributed by atoms with Gasteiger partial charge in [0.15, 0.2) is 9.84 Å². The number of sulfone groups is 1. The molecule has 1 aromatic carbocycles. The van der Waals surface area contributed by atoms with Crippen molar-refractivity contribution >= 4 is 15.7 Å². The molecule has 1 heterocycles. The van der Waals surface area contributed by atoms with E-state index in [1.165, 1.54) is 12.1 Å². The lowest BCUT2D eigenvalue weighted by Crippen LogP contribution is -2.47. The molecule has 0 aromatic heterocycles. The molecule has 1 saturated heterocycles. The minimum absolute atomic E-state index is 0.0124. The summed E-state index contributed by atoms with van der Waals surface area (Å²) >= 11 is 0. The normalized spacial score (nSPS) is 19.0. The maximum atomic E-state index is 13.4.